The Balaban J connectivity index is 1.70. The van der Waals surface area contributed by atoms with Gasteiger partial charge < -0.3 is 9.84 Å². The van der Waals surface area contributed by atoms with E-state index in [4.69, 9.17) is 4.74 Å². The van der Waals surface area contributed by atoms with Crippen LogP contribution in [0.2, 0.25) is 0 Å². The van der Waals surface area contributed by atoms with Gasteiger partial charge in [0.1, 0.15) is 0 Å². The standard InChI is InChI=1S/C23H34O4/c1-14(24)23(27-15(2)25)12-9-20-18-6-5-16-13-17(26)7-10-21(16,3)19(18)8-11-22(20,23)4/h5,17-20,26H,6-13H2,1-4H3/t17-,18+,19-,20-,21-,22-,23+/m0/s1. The molecule has 0 unspecified atom stereocenters. The number of carbonyl (C=O) groups is 2. The average molecular weight is 375 g/mol. The summed E-state index contributed by atoms with van der Waals surface area (Å²) >= 11 is 0. The first-order valence-corrected chi connectivity index (χ1v) is 10.7. The van der Waals surface area contributed by atoms with Crippen LogP contribution in [0.4, 0.5) is 0 Å². The maximum absolute atomic E-state index is 12.7. The molecule has 0 radical (unpaired) electrons. The monoisotopic (exact) mass is 374 g/mol. The van der Waals surface area contributed by atoms with Gasteiger partial charge in [0.2, 0.25) is 0 Å². The molecular weight excluding hydrogens is 340 g/mol. The number of fused-ring (bicyclic) bond motifs is 5. The fourth-order valence-electron chi connectivity index (χ4n) is 7.70. The molecule has 0 aromatic rings. The van der Waals surface area contributed by atoms with Gasteiger partial charge in [-0.2, -0.15) is 0 Å². The van der Waals surface area contributed by atoms with Gasteiger partial charge in [-0.05, 0) is 81.5 Å². The lowest BCUT2D eigenvalue weighted by molar-refractivity contribution is -0.186. The summed E-state index contributed by atoms with van der Waals surface area (Å²) in [6.45, 7) is 7.64. The molecule has 4 nitrogen and oxygen atoms in total. The largest absolute Gasteiger partial charge is 0.451 e. The highest BCUT2D eigenvalue weighted by atomic mass is 16.6. The van der Waals surface area contributed by atoms with Crippen molar-refractivity contribution >= 4 is 11.8 Å². The topological polar surface area (TPSA) is 63.6 Å². The third kappa shape index (κ3) is 2.51. The van der Waals surface area contributed by atoms with Gasteiger partial charge in [0.05, 0.1) is 6.10 Å². The summed E-state index contributed by atoms with van der Waals surface area (Å²) in [5.41, 5.74) is 0.442. The summed E-state index contributed by atoms with van der Waals surface area (Å²) in [6, 6.07) is 0. The Kier molecular flexibility index (Phi) is 4.38. The van der Waals surface area contributed by atoms with Gasteiger partial charge in [0.25, 0.3) is 0 Å². The van der Waals surface area contributed by atoms with Crippen LogP contribution in [0, 0.1) is 28.6 Å². The molecule has 0 heterocycles. The van der Waals surface area contributed by atoms with E-state index in [2.05, 4.69) is 19.9 Å². The van der Waals surface area contributed by atoms with Crippen molar-refractivity contribution in [2.24, 2.45) is 28.6 Å². The van der Waals surface area contributed by atoms with Crippen molar-refractivity contribution < 1.29 is 19.4 Å². The average Bonchev–Trinajstić information content (AvgIpc) is 2.89. The number of carbonyl (C=O) groups excluding carboxylic acids is 2. The van der Waals surface area contributed by atoms with E-state index in [1.165, 1.54) is 12.5 Å². The summed E-state index contributed by atoms with van der Waals surface area (Å²) < 4.78 is 5.82. The van der Waals surface area contributed by atoms with E-state index in [0.717, 1.165) is 44.9 Å². The van der Waals surface area contributed by atoms with Crippen LogP contribution in [0.25, 0.3) is 0 Å². The maximum atomic E-state index is 12.7. The molecule has 0 amide bonds. The van der Waals surface area contributed by atoms with Gasteiger partial charge in [0.15, 0.2) is 11.4 Å². The number of ether oxygens (including phenoxy) is 1. The lowest BCUT2D eigenvalue weighted by Gasteiger charge is -2.59. The Morgan fingerprint density at radius 2 is 1.78 bits per heavy atom. The summed E-state index contributed by atoms with van der Waals surface area (Å²) in [6.07, 6.45) is 9.68. The van der Waals surface area contributed by atoms with E-state index in [1.807, 2.05) is 0 Å². The SMILES string of the molecule is CC(=O)O[C@@]1(C(C)=O)CC[C@H]2[C@@H]3CC=C4C[C@@H](O)CC[C@]4(C)[C@H]3CC[C@@]21C. The highest BCUT2D eigenvalue weighted by molar-refractivity contribution is 5.89. The molecule has 0 spiro atoms. The Bertz CT molecular complexity index is 696. The molecule has 0 aromatic heterocycles. The summed E-state index contributed by atoms with van der Waals surface area (Å²) in [7, 11) is 0. The second kappa shape index (κ2) is 6.17. The normalized spacial score (nSPS) is 48.7. The van der Waals surface area contributed by atoms with Gasteiger partial charge >= 0.3 is 5.97 Å². The van der Waals surface area contributed by atoms with Crippen molar-refractivity contribution in [2.45, 2.75) is 90.8 Å². The molecule has 4 heteroatoms. The van der Waals surface area contributed by atoms with Crippen molar-refractivity contribution in [2.75, 3.05) is 0 Å². The Morgan fingerprint density at radius 3 is 2.44 bits per heavy atom. The molecular formula is C23H34O4. The zero-order valence-corrected chi connectivity index (χ0v) is 17.2. The minimum absolute atomic E-state index is 0.0141. The Morgan fingerprint density at radius 1 is 1.07 bits per heavy atom. The third-order valence-electron chi connectivity index (χ3n) is 9.08. The van der Waals surface area contributed by atoms with Gasteiger partial charge in [-0.15, -0.1) is 0 Å². The summed E-state index contributed by atoms with van der Waals surface area (Å²) in [5.74, 6) is 1.25. The van der Waals surface area contributed by atoms with Crippen molar-refractivity contribution in [1.82, 2.24) is 0 Å². The minimum Gasteiger partial charge on any atom is -0.451 e. The fraction of sp³-hybridized carbons (Fsp3) is 0.826. The highest BCUT2D eigenvalue weighted by Crippen LogP contribution is 2.68. The van der Waals surface area contributed by atoms with E-state index in [1.54, 1.807) is 6.92 Å². The van der Waals surface area contributed by atoms with Gasteiger partial charge in [-0.25, -0.2) is 0 Å². The smallest absolute Gasteiger partial charge is 0.303 e. The molecule has 3 saturated carbocycles. The molecule has 4 rings (SSSR count). The van der Waals surface area contributed by atoms with Gasteiger partial charge in [-0.3, -0.25) is 9.59 Å². The number of hydrogen-bond donors (Lipinski definition) is 1. The van der Waals surface area contributed by atoms with E-state index in [0.29, 0.717) is 24.2 Å². The van der Waals surface area contributed by atoms with Crippen LogP contribution >= 0.6 is 0 Å². The van der Waals surface area contributed by atoms with Crippen molar-refractivity contribution in [3.8, 4) is 0 Å². The number of ketones is 1. The second-order valence-corrected chi connectivity index (χ2v) is 10.1. The predicted octanol–water partition coefficient (Wildman–Crippen LogP) is 4.20. The zero-order valence-electron chi connectivity index (χ0n) is 17.2. The minimum atomic E-state index is -0.942. The van der Waals surface area contributed by atoms with Crippen LogP contribution in [0.1, 0.15) is 79.1 Å². The van der Waals surface area contributed by atoms with E-state index < -0.39 is 5.60 Å². The van der Waals surface area contributed by atoms with Crippen molar-refractivity contribution in [1.29, 1.82) is 0 Å². The van der Waals surface area contributed by atoms with E-state index in [-0.39, 0.29) is 28.7 Å². The molecule has 4 aliphatic carbocycles. The Hall–Kier alpha value is -1.16. The van der Waals surface area contributed by atoms with Crippen LogP contribution in [-0.4, -0.2) is 28.6 Å². The van der Waals surface area contributed by atoms with Crippen LogP contribution < -0.4 is 0 Å². The van der Waals surface area contributed by atoms with Gasteiger partial charge in [0, 0.05) is 12.3 Å². The molecule has 4 aliphatic rings. The second-order valence-electron chi connectivity index (χ2n) is 10.1. The zero-order chi connectivity index (χ0) is 19.6. The van der Waals surface area contributed by atoms with E-state index >= 15 is 0 Å². The first-order valence-electron chi connectivity index (χ1n) is 10.7. The molecule has 0 bridgehead atoms. The number of hydrogen-bond acceptors (Lipinski definition) is 4. The number of rotatable bonds is 2. The quantitative estimate of drug-likeness (QED) is 0.581. The predicted molar refractivity (Wildman–Crippen MR) is 103 cm³/mol. The highest BCUT2D eigenvalue weighted by Gasteiger charge is 2.67. The number of allylic oxidation sites excluding steroid dienone is 1. The maximum Gasteiger partial charge on any atom is 0.303 e. The molecule has 0 aromatic carbocycles. The van der Waals surface area contributed by atoms with E-state index in [9.17, 15) is 14.7 Å². The summed E-state index contributed by atoms with van der Waals surface area (Å²) in [5, 5.41) is 10.1. The lowest BCUT2D eigenvalue weighted by Crippen LogP contribution is -2.58. The number of Topliss-reactive ketones (excluding diaryl/α,β-unsaturated/α-hetero) is 1. The number of aliphatic hydroxyl groups excluding tert-OH is 1. The molecule has 1 N–H and O–H groups in total. The fourth-order valence-corrected chi connectivity index (χ4v) is 7.70. The number of aliphatic hydroxyl groups is 1. The Labute approximate surface area is 162 Å². The molecule has 3 fully saturated rings. The van der Waals surface area contributed by atoms with Crippen LogP contribution in [-0.2, 0) is 14.3 Å². The molecule has 0 aliphatic heterocycles. The first-order chi connectivity index (χ1) is 12.6. The van der Waals surface area contributed by atoms with Crippen LogP contribution in [0.3, 0.4) is 0 Å². The molecule has 27 heavy (non-hydrogen) atoms. The van der Waals surface area contributed by atoms with Gasteiger partial charge in [-0.1, -0.05) is 25.5 Å². The molecule has 7 atom stereocenters. The van der Waals surface area contributed by atoms with Crippen LogP contribution in [0.5, 0.6) is 0 Å². The lowest BCUT2D eigenvalue weighted by atomic mass is 9.46. The molecule has 150 valence electrons. The first kappa shape index (κ1) is 19.2. The van der Waals surface area contributed by atoms with Crippen molar-refractivity contribution in [3.05, 3.63) is 11.6 Å². The molecule has 0 saturated heterocycles. The third-order valence-corrected chi connectivity index (χ3v) is 9.08. The van der Waals surface area contributed by atoms with Crippen molar-refractivity contribution in [3.63, 3.8) is 0 Å². The summed E-state index contributed by atoms with van der Waals surface area (Å²) in [4.78, 5) is 24.6. The number of esters is 1. The van der Waals surface area contributed by atoms with Crippen LogP contribution in [0.15, 0.2) is 11.6 Å².